The zero-order valence-electron chi connectivity index (χ0n) is 13.9. The van der Waals surface area contributed by atoms with Crippen LogP contribution in [-0.2, 0) is 0 Å². The Morgan fingerprint density at radius 1 is 0.364 bits per heavy atom. The first-order chi connectivity index (χ1) is 13.9. The smallest absolute Gasteiger partial charge is 0.218 e. The monoisotopic (exact) mass is 545 g/mol. The van der Waals surface area contributed by atoms with E-state index in [-0.39, 0.29) is 0 Å². The van der Waals surface area contributed by atoms with Crippen molar-refractivity contribution < 1.29 is 92.2 Å². The van der Waals surface area contributed by atoms with Crippen LogP contribution in [0.1, 0.15) is 0 Å². The molecule has 0 aromatic carbocycles. The molecule has 1 saturated carbocycles. The van der Waals surface area contributed by atoms with Crippen molar-refractivity contribution in [1.29, 1.82) is 0 Å². The highest BCUT2D eigenvalue weighted by molar-refractivity contribution is 5.32. The summed E-state index contributed by atoms with van der Waals surface area (Å²) in [7, 11) is 0. The summed E-state index contributed by atoms with van der Waals surface area (Å²) in [5.74, 6) is -59.9. The van der Waals surface area contributed by atoms with Crippen molar-refractivity contribution in [2.75, 3.05) is 0 Å². The zero-order valence-corrected chi connectivity index (χ0v) is 13.9. The van der Waals surface area contributed by atoms with Crippen molar-refractivity contribution in [3.8, 4) is 0 Å². The van der Waals surface area contributed by atoms with Crippen molar-refractivity contribution in [2.45, 2.75) is 65.3 Å². The Morgan fingerprint density at radius 3 is 0.879 bits per heavy atom. The lowest BCUT2D eigenvalue weighted by molar-refractivity contribution is -0.529. The number of alkyl halides is 21. The fourth-order valence-corrected chi connectivity index (χ4v) is 3.09. The Hall–Kier alpha value is -1.51. The van der Waals surface area contributed by atoms with E-state index < -0.39 is 70.2 Å². The molecule has 1 aliphatic heterocycles. The molecule has 0 spiro atoms. The number of rotatable bonds is 1. The lowest BCUT2D eigenvalue weighted by Crippen LogP contribution is -2.89. The molecule has 196 valence electrons. The molecular formula is C11F21N. The molecule has 0 radical (unpaired) electrons. The standard InChI is InChI=1S/C11F21N/c12-1(9(26,27)28)2(13,14)11(31,32)33(10(1,29)30)8(25)6(21,22)4(17,18)3(15,16)5(19,20)7(8,23)24. The third-order valence-electron chi connectivity index (χ3n) is 4.89. The van der Waals surface area contributed by atoms with Crippen LogP contribution in [0.4, 0.5) is 92.2 Å². The third-order valence-corrected chi connectivity index (χ3v) is 4.89. The van der Waals surface area contributed by atoms with Crippen molar-refractivity contribution >= 4 is 0 Å². The summed E-state index contributed by atoms with van der Waals surface area (Å²) in [6, 6.07) is -17.0. The normalized spacial score (nSPS) is 37.0. The van der Waals surface area contributed by atoms with E-state index in [2.05, 4.69) is 0 Å². The number of hydrogen-bond donors (Lipinski definition) is 0. The van der Waals surface area contributed by atoms with Gasteiger partial charge < -0.3 is 0 Å². The Bertz CT molecular complexity index is 806. The van der Waals surface area contributed by atoms with Gasteiger partial charge in [0.25, 0.3) is 0 Å². The summed E-state index contributed by atoms with van der Waals surface area (Å²) in [6.07, 6.45) is -8.16. The lowest BCUT2D eigenvalue weighted by atomic mass is 9.76. The van der Waals surface area contributed by atoms with Gasteiger partial charge in [-0.25, -0.2) is 8.78 Å². The Kier molecular flexibility index (Phi) is 4.89. The van der Waals surface area contributed by atoms with Gasteiger partial charge in [-0.05, 0) is 0 Å². The molecule has 1 saturated heterocycles. The lowest BCUT2D eigenvalue weighted by Gasteiger charge is -2.55. The van der Waals surface area contributed by atoms with E-state index >= 15 is 0 Å². The number of likely N-dealkylation sites (tertiary alicyclic amines) is 1. The highest BCUT2D eigenvalue weighted by Gasteiger charge is 3.09. The van der Waals surface area contributed by atoms with Crippen LogP contribution in [0.5, 0.6) is 0 Å². The van der Waals surface area contributed by atoms with Crippen molar-refractivity contribution in [3.63, 3.8) is 0 Å². The second-order valence-electron chi connectivity index (χ2n) is 6.64. The van der Waals surface area contributed by atoms with Gasteiger partial charge in [-0.15, -0.1) is 4.90 Å². The van der Waals surface area contributed by atoms with Crippen LogP contribution in [0.3, 0.4) is 0 Å². The highest BCUT2D eigenvalue weighted by atomic mass is 19.4. The number of nitrogens with zero attached hydrogens (tertiary/aromatic N) is 1. The number of halogens is 21. The SMILES string of the molecule is FC(F)(F)C1(F)C(F)(F)N(C2(F)C(F)(F)C(F)(F)C(F)(F)C(F)(F)C2(F)F)C(F)(F)C1(F)F. The van der Waals surface area contributed by atoms with E-state index in [1.54, 1.807) is 0 Å². The fourth-order valence-electron chi connectivity index (χ4n) is 3.09. The summed E-state index contributed by atoms with van der Waals surface area (Å²) in [6.45, 7) is 0. The second kappa shape index (κ2) is 5.82. The first-order valence-electron chi connectivity index (χ1n) is 7.14. The molecule has 2 aliphatic rings. The molecule has 1 nitrogen and oxygen atoms in total. The maximum absolute atomic E-state index is 14.5. The van der Waals surface area contributed by atoms with Crippen LogP contribution in [0.25, 0.3) is 0 Å². The molecular weight excluding hydrogens is 545 g/mol. The molecule has 0 aromatic rings. The quantitative estimate of drug-likeness (QED) is 0.279. The van der Waals surface area contributed by atoms with E-state index in [0.717, 1.165) is 0 Å². The zero-order chi connectivity index (χ0) is 27.1. The van der Waals surface area contributed by atoms with Crippen LogP contribution in [0.15, 0.2) is 0 Å². The minimum atomic E-state index is -8.91. The van der Waals surface area contributed by atoms with Crippen LogP contribution in [-0.4, -0.2) is 70.2 Å². The van der Waals surface area contributed by atoms with Crippen LogP contribution in [0, 0.1) is 0 Å². The molecule has 0 aromatic heterocycles. The average molecular weight is 545 g/mol. The van der Waals surface area contributed by atoms with Crippen LogP contribution >= 0.6 is 0 Å². The van der Waals surface area contributed by atoms with Crippen molar-refractivity contribution in [2.24, 2.45) is 0 Å². The molecule has 1 unspecified atom stereocenters. The molecule has 0 N–H and O–H groups in total. The topological polar surface area (TPSA) is 3.24 Å². The molecule has 1 aliphatic carbocycles. The molecule has 1 heterocycles. The van der Waals surface area contributed by atoms with Crippen molar-refractivity contribution in [1.82, 2.24) is 4.90 Å². The Morgan fingerprint density at radius 2 is 0.636 bits per heavy atom. The molecule has 2 fully saturated rings. The third kappa shape index (κ3) is 2.18. The minimum absolute atomic E-state index is 4.91. The summed E-state index contributed by atoms with van der Waals surface area (Å²) in [5.41, 5.74) is -8.40. The van der Waals surface area contributed by atoms with Crippen LogP contribution in [0.2, 0.25) is 0 Å². The van der Waals surface area contributed by atoms with Crippen molar-refractivity contribution in [3.05, 3.63) is 0 Å². The van der Waals surface area contributed by atoms with Gasteiger partial charge in [0.15, 0.2) is 0 Å². The van der Waals surface area contributed by atoms with E-state index in [0.29, 0.717) is 0 Å². The van der Waals surface area contributed by atoms with Gasteiger partial charge in [0.2, 0.25) is 0 Å². The van der Waals surface area contributed by atoms with E-state index in [1.807, 2.05) is 0 Å². The molecule has 0 bridgehead atoms. The molecule has 1 atom stereocenters. The van der Waals surface area contributed by atoms with E-state index in [9.17, 15) is 92.2 Å². The summed E-state index contributed by atoms with van der Waals surface area (Å²) in [4.78, 5) is -4.91. The minimum Gasteiger partial charge on any atom is -0.218 e. The largest absolute Gasteiger partial charge is 0.436 e. The van der Waals surface area contributed by atoms with Gasteiger partial charge in [0.1, 0.15) is 0 Å². The molecule has 2 rings (SSSR count). The Labute approximate surface area is 164 Å². The second-order valence-corrected chi connectivity index (χ2v) is 6.64. The maximum atomic E-state index is 14.5. The fraction of sp³-hybridized carbons (Fsp3) is 1.00. The highest BCUT2D eigenvalue weighted by Crippen LogP contribution is 2.76. The Balaban J connectivity index is 3.14. The first-order valence-corrected chi connectivity index (χ1v) is 7.14. The van der Waals surface area contributed by atoms with Gasteiger partial charge in [0.05, 0.1) is 0 Å². The predicted octanol–water partition coefficient (Wildman–Crippen LogP) is 6.25. The van der Waals surface area contributed by atoms with E-state index in [1.165, 1.54) is 0 Å². The van der Waals surface area contributed by atoms with Gasteiger partial charge >= 0.3 is 65.3 Å². The average Bonchev–Trinajstić information content (AvgIpc) is 2.64. The summed E-state index contributed by atoms with van der Waals surface area (Å²) in [5, 5.41) is 0. The van der Waals surface area contributed by atoms with Gasteiger partial charge in [-0.3, -0.25) is 0 Å². The van der Waals surface area contributed by atoms with E-state index in [4.69, 9.17) is 0 Å². The number of hydrogen-bond acceptors (Lipinski definition) is 1. The maximum Gasteiger partial charge on any atom is 0.436 e. The first kappa shape index (κ1) is 27.7. The molecule has 22 heteroatoms. The van der Waals surface area contributed by atoms with Crippen LogP contribution < -0.4 is 0 Å². The molecule has 0 amide bonds. The summed E-state index contributed by atoms with van der Waals surface area (Å²) < 4.78 is 282. The van der Waals surface area contributed by atoms with Gasteiger partial charge in [-0.2, -0.15) is 83.4 Å². The predicted molar refractivity (Wildman–Crippen MR) is 55.1 cm³/mol. The summed E-state index contributed by atoms with van der Waals surface area (Å²) >= 11 is 0. The van der Waals surface area contributed by atoms with Gasteiger partial charge in [-0.1, -0.05) is 0 Å². The molecule has 33 heavy (non-hydrogen) atoms. The van der Waals surface area contributed by atoms with Gasteiger partial charge in [0, 0.05) is 0 Å².